The highest BCUT2D eigenvalue weighted by Gasteiger charge is 2.09. The first-order valence-corrected chi connectivity index (χ1v) is 5.26. The second kappa shape index (κ2) is 2.98. The molecule has 0 aliphatic carbocycles. The van der Waals surface area contributed by atoms with E-state index in [9.17, 15) is 4.79 Å². The fourth-order valence-electron chi connectivity index (χ4n) is 0.982. The highest BCUT2D eigenvalue weighted by Crippen LogP contribution is 2.20. The molecule has 0 radical (unpaired) electrons. The number of fused-ring (bicyclic) bond motifs is 1. The lowest BCUT2D eigenvalue weighted by atomic mass is 10.4. The number of nitrogens with zero attached hydrogens (tertiary/aromatic N) is 1. The molecule has 12 heavy (non-hydrogen) atoms. The Morgan fingerprint density at radius 1 is 1.42 bits per heavy atom. The van der Waals surface area contributed by atoms with E-state index in [-0.39, 0.29) is 5.43 Å². The summed E-state index contributed by atoms with van der Waals surface area (Å²) in [4.78, 5) is 14.3. The number of aromatic nitrogens is 3. The molecule has 0 amide bonds. The molecule has 0 atom stereocenters. The van der Waals surface area contributed by atoms with Gasteiger partial charge < -0.3 is 4.98 Å². The van der Waals surface area contributed by atoms with Crippen molar-refractivity contribution in [1.29, 1.82) is 0 Å². The molecule has 0 saturated heterocycles. The predicted molar refractivity (Wildman–Crippen MR) is 62.1 cm³/mol. The first-order valence-electron chi connectivity index (χ1n) is 3.10. The topological polar surface area (TPSA) is 61.5 Å². The van der Waals surface area contributed by atoms with Gasteiger partial charge in [0.1, 0.15) is 5.65 Å². The monoisotopic (exact) mass is 387 g/mol. The van der Waals surface area contributed by atoms with E-state index in [1.54, 1.807) is 0 Å². The summed E-state index contributed by atoms with van der Waals surface area (Å²) in [5, 5.41) is 7.12. The van der Waals surface area contributed by atoms with E-state index >= 15 is 0 Å². The predicted octanol–water partition coefficient (Wildman–Crippen LogP) is 1.46. The summed E-state index contributed by atoms with van der Waals surface area (Å²) in [5.74, 6) is 0. The normalized spacial score (nSPS) is 10.8. The number of H-pyrrole nitrogens is 2. The van der Waals surface area contributed by atoms with Gasteiger partial charge in [-0.15, -0.1) is 0 Å². The molecule has 0 fully saturated rings. The molecule has 2 heterocycles. The van der Waals surface area contributed by atoms with Crippen LogP contribution < -0.4 is 5.43 Å². The Balaban J connectivity index is 3.07. The van der Waals surface area contributed by atoms with Gasteiger partial charge in [-0.2, -0.15) is 5.10 Å². The van der Waals surface area contributed by atoms with Crippen molar-refractivity contribution in [2.75, 3.05) is 0 Å². The van der Waals surface area contributed by atoms with Gasteiger partial charge in [0.2, 0.25) is 5.43 Å². The Hall–Kier alpha value is -0.120. The van der Waals surface area contributed by atoms with Crippen LogP contribution in [0.2, 0.25) is 0 Å². The molecule has 0 aromatic carbocycles. The van der Waals surface area contributed by atoms with Gasteiger partial charge in [0.15, 0.2) is 0 Å². The van der Waals surface area contributed by atoms with Gasteiger partial charge in [-0.25, -0.2) is 0 Å². The third kappa shape index (κ3) is 1.16. The van der Waals surface area contributed by atoms with Crippen LogP contribution >= 0.6 is 45.2 Å². The van der Waals surface area contributed by atoms with E-state index in [1.807, 2.05) is 0 Å². The molecule has 0 bridgehead atoms. The molecule has 0 unspecified atom stereocenters. The van der Waals surface area contributed by atoms with Crippen molar-refractivity contribution in [3.8, 4) is 0 Å². The van der Waals surface area contributed by atoms with Crippen LogP contribution in [0.25, 0.3) is 11.0 Å². The number of rotatable bonds is 0. The Labute approximate surface area is 94.4 Å². The molecule has 2 aromatic rings. The van der Waals surface area contributed by atoms with Gasteiger partial charge >= 0.3 is 0 Å². The largest absolute Gasteiger partial charge is 0.334 e. The molecule has 4 nitrogen and oxygen atoms in total. The molecule has 62 valence electrons. The SMILES string of the molecule is O=c1cn[nH]c2[nH]c(I)c(I)c12. The maximum Gasteiger partial charge on any atom is 0.210 e. The first-order chi connectivity index (χ1) is 5.70. The van der Waals surface area contributed by atoms with Crippen molar-refractivity contribution in [1.82, 2.24) is 15.2 Å². The summed E-state index contributed by atoms with van der Waals surface area (Å²) in [6.45, 7) is 0. The van der Waals surface area contributed by atoms with Crippen LogP contribution in [0, 0.1) is 7.27 Å². The van der Waals surface area contributed by atoms with E-state index in [1.165, 1.54) is 6.20 Å². The Morgan fingerprint density at radius 2 is 2.17 bits per heavy atom. The van der Waals surface area contributed by atoms with Crippen molar-refractivity contribution < 1.29 is 0 Å². The minimum Gasteiger partial charge on any atom is -0.334 e. The Kier molecular flexibility index (Phi) is 2.10. The van der Waals surface area contributed by atoms with E-state index in [4.69, 9.17) is 0 Å². The van der Waals surface area contributed by atoms with Crippen molar-refractivity contribution in [3.05, 3.63) is 23.7 Å². The third-order valence-electron chi connectivity index (χ3n) is 1.50. The molecular weight excluding hydrogens is 384 g/mol. The van der Waals surface area contributed by atoms with Crippen molar-refractivity contribution >= 4 is 56.2 Å². The van der Waals surface area contributed by atoms with Crippen LogP contribution in [0.1, 0.15) is 0 Å². The minimum atomic E-state index is -0.0488. The van der Waals surface area contributed by atoms with E-state index < -0.39 is 0 Å². The lowest BCUT2D eigenvalue weighted by molar-refractivity contribution is 1.05. The second-order valence-electron chi connectivity index (χ2n) is 2.24. The lowest BCUT2D eigenvalue weighted by Crippen LogP contribution is -2.02. The summed E-state index contributed by atoms with van der Waals surface area (Å²) in [6.07, 6.45) is 1.29. The van der Waals surface area contributed by atoms with Crippen LogP contribution in [0.4, 0.5) is 0 Å². The fourth-order valence-corrected chi connectivity index (χ4v) is 2.19. The maximum absolute atomic E-state index is 11.3. The first kappa shape index (κ1) is 8.48. The van der Waals surface area contributed by atoms with Gasteiger partial charge in [-0.05, 0) is 45.2 Å². The highest BCUT2D eigenvalue weighted by atomic mass is 127. The van der Waals surface area contributed by atoms with Crippen LogP contribution in [0.5, 0.6) is 0 Å². The van der Waals surface area contributed by atoms with E-state index in [2.05, 4.69) is 60.4 Å². The summed E-state index contributed by atoms with van der Waals surface area (Å²) in [6, 6.07) is 0. The Morgan fingerprint density at radius 3 is 2.83 bits per heavy atom. The zero-order valence-corrected chi connectivity index (χ0v) is 10.0. The minimum absolute atomic E-state index is 0.0488. The molecule has 0 aliphatic rings. The smallest absolute Gasteiger partial charge is 0.210 e. The second-order valence-corrected chi connectivity index (χ2v) is 4.39. The van der Waals surface area contributed by atoms with E-state index in [0.717, 1.165) is 7.27 Å². The zero-order valence-electron chi connectivity index (χ0n) is 5.69. The number of hydrogen-bond acceptors (Lipinski definition) is 2. The van der Waals surface area contributed by atoms with Gasteiger partial charge in [-0.3, -0.25) is 9.89 Å². The molecule has 0 spiro atoms. The molecule has 2 N–H and O–H groups in total. The van der Waals surface area contributed by atoms with Gasteiger partial charge in [0, 0.05) is 0 Å². The van der Waals surface area contributed by atoms with Gasteiger partial charge in [-0.1, -0.05) is 0 Å². The number of hydrogen-bond donors (Lipinski definition) is 2. The fraction of sp³-hybridized carbons (Fsp3) is 0. The molecule has 0 saturated carbocycles. The molecular formula is C6H3I2N3O. The summed E-state index contributed by atoms with van der Waals surface area (Å²) < 4.78 is 1.91. The van der Waals surface area contributed by atoms with Crippen LogP contribution in [0.3, 0.4) is 0 Å². The standard InChI is InChI=1S/C6H3I2N3O/c7-4-3-2(12)1-9-11-6(3)10-5(4)8/h1H,(H2,10,11,12). The number of nitrogens with one attached hydrogen (secondary N) is 2. The molecule has 0 aliphatic heterocycles. The average Bonchev–Trinajstić information content (AvgIpc) is 2.29. The number of halogens is 2. The number of aromatic amines is 2. The van der Waals surface area contributed by atoms with E-state index in [0.29, 0.717) is 11.0 Å². The third-order valence-corrected chi connectivity index (χ3v) is 4.42. The Bertz CT molecular complexity index is 487. The van der Waals surface area contributed by atoms with Gasteiger partial charge in [0.25, 0.3) is 0 Å². The summed E-state index contributed by atoms with van der Waals surface area (Å²) in [7, 11) is 0. The quantitative estimate of drug-likeness (QED) is 0.673. The van der Waals surface area contributed by atoms with Crippen LogP contribution in [-0.4, -0.2) is 15.2 Å². The van der Waals surface area contributed by atoms with Crippen LogP contribution in [0.15, 0.2) is 11.0 Å². The zero-order chi connectivity index (χ0) is 8.72. The van der Waals surface area contributed by atoms with Crippen molar-refractivity contribution in [2.45, 2.75) is 0 Å². The molecule has 2 rings (SSSR count). The van der Waals surface area contributed by atoms with Crippen LogP contribution in [-0.2, 0) is 0 Å². The summed E-state index contributed by atoms with van der Waals surface area (Å²) >= 11 is 4.28. The average molecular weight is 387 g/mol. The van der Waals surface area contributed by atoms with Gasteiger partial charge in [0.05, 0.1) is 18.9 Å². The van der Waals surface area contributed by atoms with Crippen molar-refractivity contribution in [3.63, 3.8) is 0 Å². The molecule has 2 aromatic heterocycles. The highest BCUT2D eigenvalue weighted by molar-refractivity contribution is 14.1. The van der Waals surface area contributed by atoms with Crippen molar-refractivity contribution in [2.24, 2.45) is 0 Å². The summed E-state index contributed by atoms with van der Waals surface area (Å²) in [5.41, 5.74) is 0.642. The maximum atomic E-state index is 11.3. The lowest BCUT2D eigenvalue weighted by Gasteiger charge is -1.85. The molecule has 6 heteroatoms.